The molecule has 0 aromatic carbocycles. The van der Waals surface area contributed by atoms with Crippen LogP contribution in [0.15, 0.2) is 11.6 Å². The molecule has 0 N–H and O–H groups in total. The molecular weight excluding hydrogens is 120 g/mol. The van der Waals surface area contributed by atoms with E-state index in [2.05, 4.69) is 13.0 Å². The third-order valence-corrected chi connectivity index (χ3v) is 4.63. The molecule has 4 fully saturated rings. The first-order chi connectivity index (χ1) is 4.88. The predicted molar refractivity (Wildman–Crippen MR) is 39.3 cm³/mol. The van der Waals surface area contributed by atoms with Crippen LogP contribution in [0.1, 0.15) is 13.3 Å². The highest BCUT2D eigenvalue weighted by Gasteiger charge is 2.74. The third kappa shape index (κ3) is 0.247. The van der Waals surface area contributed by atoms with E-state index in [9.17, 15) is 0 Å². The van der Waals surface area contributed by atoms with Crippen molar-refractivity contribution in [1.82, 2.24) is 0 Å². The predicted octanol–water partition coefficient (Wildman–Crippen LogP) is 2.07. The van der Waals surface area contributed by atoms with Crippen LogP contribution in [-0.2, 0) is 0 Å². The van der Waals surface area contributed by atoms with Crippen LogP contribution >= 0.6 is 0 Å². The normalized spacial score (nSPS) is 72.7. The quantitative estimate of drug-likeness (QED) is 0.443. The van der Waals surface area contributed by atoms with E-state index in [-0.39, 0.29) is 0 Å². The molecule has 0 spiro atoms. The van der Waals surface area contributed by atoms with Crippen LogP contribution in [0, 0.1) is 35.5 Å². The number of allylic oxidation sites excluding steroid dienone is 2. The summed E-state index contributed by atoms with van der Waals surface area (Å²) in [5.74, 6) is 6.88. The van der Waals surface area contributed by atoms with Crippen molar-refractivity contribution < 1.29 is 0 Å². The van der Waals surface area contributed by atoms with Crippen molar-refractivity contribution in [1.29, 1.82) is 0 Å². The topological polar surface area (TPSA) is 0 Å². The summed E-state index contributed by atoms with van der Waals surface area (Å²) in [6, 6.07) is 0. The molecule has 5 aliphatic rings. The summed E-state index contributed by atoms with van der Waals surface area (Å²) < 4.78 is 0. The van der Waals surface area contributed by atoms with Crippen LogP contribution in [-0.4, -0.2) is 0 Å². The van der Waals surface area contributed by atoms with Crippen molar-refractivity contribution in [2.75, 3.05) is 0 Å². The minimum atomic E-state index is 1.07. The van der Waals surface area contributed by atoms with Gasteiger partial charge in [-0.3, -0.25) is 0 Å². The van der Waals surface area contributed by atoms with Crippen molar-refractivity contribution in [3.8, 4) is 0 Å². The summed E-state index contributed by atoms with van der Waals surface area (Å²) in [6.45, 7) is 2.36. The number of hydrogen-bond acceptors (Lipinski definition) is 0. The molecule has 0 heteroatoms. The monoisotopic (exact) mass is 132 g/mol. The molecule has 0 amide bonds. The molecule has 0 nitrogen and oxygen atoms in total. The van der Waals surface area contributed by atoms with Gasteiger partial charge in [-0.1, -0.05) is 11.6 Å². The van der Waals surface area contributed by atoms with E-state index in [1.807, 2.05) is 0 Å². The van der Waals surface area contributed by atoms with Crippen molar-refractivity contribution in [2.24, 2.45) is 35.5 Å². The Morgan fingerprint density at radius 2 is 2.20 bits per heavy atom. The van der Waals surface area contributed by atoms with Gasteiger partial charge in [0.25, 0.3) is 0 Å². The van der Waals surface area contributed by atoms with Crippen LogP contribution in [0.2, 0.25) is 0 Å². The van der Waals surface area contributed by atoms with Crippen LogP contribution < -0.4 is 0 Å². The van der Waals surface area contributed by atoms with Crippen molar-refractivity contribution in [2.45, 2.75) is 13.3 Å². The lowest BCUT2D eigenvalue weighted by Gasteiger charge is -2.09. The van der Waals surface area contributed by atoms with Crippen LogP contribution in [0.3, 0.4) is 0 Å². The molecule has 4 saturated carbocycles. The molecule has 0 radical (unpaired) electrons. The molecule has 2 unspecified atom stereocenters. The Balaban J connectivity index is 2.01. The highest BCUT2D eigenvalue weighted by atomic mass is 14.8. The van der Waals surface area contributed by atoms with Crippen molar-refractivity contribution in [3.05, 3.63) is 11.6 Å². The van der Waals surface area contributed by atoms with Gasteiger partial charge < -0.3 is 0 Å². The van der Waals surface area contributed by atoms with Crippen molar-refractivity contribution >= 4 is 0 Å². The molecule has 5 rings (SSSR count). The lowest BCUT2D eigenvalue weighted by Crippen LogP contribution is -2.02. The molecule has 0 saturated heterocycles. The fourth-order valence-corrected chi connectivity index (χ4v) is 4.51. The Hall–Kier alpha value is -0.260. The fraction of sp³-hybridized carbons (Fsp3) is 0.800. The van der Waals surface area contributed by atoms with Gasteiger partial charge in [0.05, 0.1) is 0 Å². The fourth-order valence-electron chi connectivity index (χ4n) is 4.51. The SMILES string of the molecule is CC1=C[C@@H]2C3C4[C@@H]3C[C@@H]2[C@@H]14. The maximum absolute atomic E-state index is 2.59. The highest BCUT2D eigenvalue weighted by molar-refractivity contribution is 5.36. The lowest BCUT2D eigenvalue weighted by molar-refractivity contribution is 0.461. The maximum Gasteiger partial charge on any atom is -0.0138 e. The number of rotatable bonds is 0. The maximum atomic E-state index is 2.59. The van der Waals surface area contributed by atoms with Gasteiger partial charge in [-0.15, -0.1) is 0 Å². The van der Waals surface area contributed by atoms with E-state index in [1.165, 1.54) is 17.8 Å². The van der Waals surface area contributed by atoms with Crippen molar-refractivity contribution in [3.63, 3.8) is 0 Å². The lowest BCUT2D eigenvalue weighted by atomic mass is 9.96. The Morgan fingerprint density at radius 1 is 1.30 bits per heavy atom. The molecule has 0 aromatic heterocycles. The van der Waals surface area contributed by atoms with Gasteiger partial charge in [-0.2, -0.15) is 0 Å². The standard InChI is InChI=1S/C10H12/c1-4-2-5-6-3-7-9(5)10(7)8(4)6/h2,5-10H,3H2,1H3/t5-,6-,7+,8+,9?,10?/m0/s1. The van der Waals surface area contributed by atoms with Crippen LogP contribution in [0.5, 0.6) is 0 Å². The van der Waals surface area contributed by atoms with Gasteiger partial charge >= 0.3 is 0 Å². The molecule has 6 bridgehead atoms. The largest absolute Gasteiger partial charge is 0.0816 e. The summed E-state index contributed by atoms with van der Waals surface area (Å²) in [5, 5.41) is 0. The second-order valence-electron chi connectivity index (χ2n) is 4.73. The summed E-state index contributed by atoms with van der Waals surface area (Å²) in [6.07, 6.45) is 4.18. The second-order valence-corrected chi connectivity index (χ2v) is 4.73. The molecule has 0 heterocycles. The summed E-state index contributed by atoms with van der Waals surface area (Å²) >= 11 is 0. The molecule has 0 aromatic rings. The molecule has 6 atom stereocenters. The summed E-state index contributed by atoms with van der Waals surface area (Å²) in [7, 11) is 0. The minimum Gasteiger partial charge on any atom is -0.0816 e. The van der Waals surface area contributed by atoms with Crippen LogP contribution in [0.25, 0.3) is 0 Å². The second kappa shape index (κ2) is 1.01. The number of hydrogen-bond donors (Lipinski definition) is 0. The smallest absolute Gasteiger partial charge is 0.0138 e. The zero-order chi connectivity index (χ0) is 6.46. The molecule has 0 aliphatic heterocycles. The van der Waals surface area contributed by atoms with Gasteiger partial charge in [0.1, 0.15) is 0 Å². The molecule has 5 aliphatic carbocycles. The van der Waals surface area contributed by atoms with E-state index in [0.717, 1.165) is 17.8 Å². The van der Waals surface area contributed by atoms with Gasteiger partial charge in [0.2, 0.25) is 0 Å². The zero-order valence-corrected chi connectivity index (χ0v) is 6.25. The Kier molecular flexibility index (Phi) is 0.464. The first kappa shape index (κ1) is 4.58. The average molecular weight is 132 g/mol. The minimum absolute atomic E-state index is 1.07. The Labute approximate surface area is 61.3 Å². The van der Waals surface area contributed by atoms with E-state index in [0.29, 0.717) is 0 Å². The van der Waals surface area contributed by atoms with E-state index >= 15 is 0 Å². The molecular formula is C10H12. The summed E-state index contributed by atoms with van der Waals surface area (Å²) in [5.41, 5.74) is 1.75. The van der Waals surface area contributed by atoms with Gasteiger partial charge in [-0.05, 0) is 48.9 Å². The van der Waals surface area contributed by atoms with E-state index in [1.54, 1.807) is 12.0 Å². The van der Waals surface area contributed by atoms with Gasteiger partial charge in [-0.25, -0.2) is 0 Å². The molecule has 10 heavy (non-hydrogen) atoms. The molecule has 52 valence electrons. The van der Waals surface area contributed by atoms with E-state index < -0.39 is 0 Å². The first-order valence-corrected chi connectivity index (χ1v) is 4.56. The Bertz CT molecular complexity index is 251. The zero-order valence-electron chi connectivity index (χ0n) is 6.25. The average Bonchev–Trinajstić information content (AvgIpc) is 2.34. The van der Waals surface area contributed by atoms with E-state index in [4.69, 9.17) is 0 Å². The third-order valence-electron chi connectivity index (χ3n) is 4.63. The summed E-state index contributed by atoms with van der Waals surface area (Å²) in [4.78, 5) is 0. The highest BCUT2D eigenvalue weighted by Crippen LogP contribution is 2.80. The first-order valence-electron chi connectivity index (χ1n) is 4.56. The van der Waals surface area contributed by atoms with Gasteiger partial charge in [0, 0.05) is 0 Å². The van der Waals surface area contributed by atoms with Crippen LogP contribution in [0.4, 0.5) is 0 Å². The van der Waals surface area contributed by atoms with Gasteiger partial charge in [0.15, 0.2) is 0 Å². The Morgan fingerprint density at radius 3 is 2.70 bits per heavy atom.